The number of hydrogen-bond acceptors (Lipinski definition) is 2. The number of aromatic nitrogens is 2. The first-order valence-electron chi connectivity index (χ1n) is 5.61. The number of halogens is 1. The molecule has 1 aromatic carbocycles. The predicted molar refractivity (Wildman–Crippen MR) is 67.5 cm³/mol. The van der Waals surface area contributed by atoms with Crippen LogP contribution in [0.3, 0.4) is 0 Å². The number of nitrogens with zero attached hydrogens (tertiary/aromatic N) is 2. The lowest BCUT2D eigenvalue weighted by atomic mass is 10.2. The van der Waals surface area contributed by atoms with Crippen LogP contribution in [0.1, 0.15) is 10.4 Å². The van der Waals surface area contributed by atoms with E-state index in [1.54, 1.807) is 28.8 Å². The summed E-state index contributed by atoms with van der Waals surface area (Å²) < 4.78 is 14.8. The maximum atomic E-state index is 13.2. The fraction of sp³-hybridized carbons (Fsp3) is 0. The molecular weight excluding hydrogens is 247 g/mol. The molecule has 3 rings (SSSR count). The third kappa shape index (κ3) is 2.06. The molecule has 0 aliphatic carbocycles. The fourth-order valence-corrected chi connectivity index (χ4v) is 1.91. The molecule has 0 amide bonds. The SMILES string of the molecule is O=C(O)c1ccc2nc(-c3cccc(F)c3)cn2c1. The van der Waals surface area contributed by atoms with Crippen molar-refractivity contribution in [1.82, 2.24) is 9.38 Å². The first-order valence-corrected chi connectivity index (χ1v) is 5.61. The van der Waals surface area contributed by atoms with E-state index in [0.717, 1.165) is 0 Å². The van der Waals surface area contributed by atoms with Gasteiger partial charge in [0, 0.05) is 18.0 Å². The smallest absolute Gasteiger partial charge is 0.337 e. The molecule has 5 heteroatoms. The Balaban J connectivity index is 2.14. The van der Waals surface area contributed by atoms with Crippen molar-refractivity contribution in [2.24, 2.45) is 0 Å². The van der Waals surface area contributed by atoms with E-state index in [9.17, 15) is 9.18 Å². The first kappa shape index (κ1) is 11.4. The van der Waals surface area contributed by atoms with Crippen LogP contribution in [0.5, 0.6) is 0 Å². The van der Waals surface area contributed by atoms with Crippen LogP contribution in [-0.2, 0) is 0 Å². The van der Waals surface area contributed by atoms with E-state index in [2.05, 4.69) is 4.98 Å². The third-order valence-electron chi connectivity index (χ3n) is 2.82. The number of carboxylic acid groups (broad SMARTS) is 1. The molecule has 0 atom stereocenters. The molecule has 0 fully saturated rings. The monoisotopic (exact) mass is 256 g/mol. The van der Waals surface area contributed by atoms with Crippen molar-refractivity contribution in [2.45, 2.75) is 0 Å². The summed E-state index contributed by atoms with van der Waals surface area (Å²) in [5, 5.41) is 8.92. The molecule has 2 aromatic heterocycles. The van der Waals surface area contributed by atoms with Crippen molar-refractivity contribution in [3.05, 3.63) is 60.2 Å². The van der Waals surface area contributed by atoms with E-state index in [0.29, 0.717) is 16.9 Å². The summed E-state index contributed by atoms with van der Waals surface area (Å²) >= 11 is 0. The highest BCUT2D eigenvalue weighted by Gasteiger charge is 2.08. The molecule has 2 heterocycles. The summed E-state index contributed by atoms with van der Waals surface area (Å²) in [5.41, 5.74) is 2.04. The van der Waals surface area contributed by atoms with E-state index in [1.165, 1.54) is 24.4 Å². The number of hydrogen-bond donors (Lipinski definition) is 1. The second-order valence-electron chi connectivity index (χ2n) is 4.12. The van der Waals surface area contributed by atoms with Crippen LogP contribution in [0.2, 0.25) is 0 Å². The molecule has 0 unspecified atom stereocenters. The minimum atomic E-state index is -0.997. The van der Waals surface area contributed by atoms with Crippen LogP contribution in [0.4, 0.5) is 4.39 Å². The van der Waals surface area contributed by atoms with Gasteiger partial charge < -0.3 is 9.51 Å². The first-order chi connectivity index (χ1) is 9.13. The van der Waals surface area contributed by atoms with E-state index in [4.69, 9.17) is 5.11 Å². The second kappa shape index (κ2) is 4.20. The van der Waals surface area contributed by atoms with E-state index < -0.39 is 5.97 Å². The van der Waals surface area contributed by atoms with Gasteiger partial charge in [-0.25, -0.2) is 14.2 Å². The molecule has 94 valence electrons. The van der Waals surface area contributed by atoms with Crippen LogP contribution < -0.4 is 0 Å². The topological polar surface area (TPSA) is 54.6 Å². The van der Waals surface area contributed by atoms with Gasteiger partial charge in [0.2, 0.25) is 0 Å². The Morgan fingerprint density at radius 1 is 1.21 bits per heavy atom. The molecule has 0 aliphatic rings. The highest BCUT2D eigenvalue weighted by Crippen LogP contribution is 2.20. The number of rotatable bonds is 2. The highest BCUT2D eigenvalue weighted by atomic mass is 19.1. The summed E-state index contributed by atoms with van der Waals surface area (Å²) in [4.78, 5) is 15.2. The lowest BCUT2D eigenvalue weighted by molar-refractivity contribution is 0.0696. The third-order valence-corrected chi connectivity index (χ3v) is 2.82. The summed E-state index contributed by atoms with van der Waals surface area (Å²) in [6, 6.07) is 9.22. The minimum absolute atomic E-state index is 0.177. The molecule has 0 aliphatic heterocycles. The highest BCUT2D eigenvalue weighted by molar-refractivity contribution is 5.87. The van der Waals surface area contributed by atoms with Gasteiger partial charge in [0.1, 0.15) is 11.5 Å². The Kier molecular flexibility index (Phi) is 2.52. The lowest BCUT2D eigenvalue weighted by Gasteiger charge is -1.95. The van der Waals surface area contributed by atoms with Crippen LogP contribution in [0.25, 0.3) is 16.9 Å². The minimum Gasteiger partial charge on any atom is -0.478 e. The van der Waals surface area contributed by atoms with Crippen molar-refractivity contribution >= 4 is 11.6 Å². The van der Waals surface area contributed by atoms with Crippen LogP contribution >= 0.6 is 0 Å². The number of carboxylic acids is 1. The molecule has 0 bridgehead atoms. The van der Waals surface area contributed by atoms with Crippen molar-refractivity contribution in [3.63, 3.8) is 0 Å². The molecule has 4 nitrogen and oxygen atoms in total. The summed E-state index contributed by atoms with van der Waals surface area (Å²) in [6.07, 6.45) is 3.16. The molecular formula is C14H9FN2O2. The Morgan fingerprint density at radius 2 is 2.05 bits per heavy atom. The average Bonchev–Trinajstić information content (AvgIpc) is 2.81. The van der Waals surface area contributed by atoms with Crippen LogP contribution in [0, 0.1) is 5.82 Å². The Labute approximate surface area is 107 Å². The van der Waals surface area contributed by atoms with Gasteiger partial charge in [-0.2, -0.15) is 0 Å². The summed E-state index contributed by atoms with van der Waals surface area (Å²) in [7, 11) is 0. The predicted octanol–water partition coefficient (Wildman–Crippen LogP) is 2.84. The molecule has 0 spiro atoms. The van der Waals surface area contributed by atoms with Crippen molar-refractivity contribution in [1.29, 1.82) is 0 Å². The lowest BCUT2D eigenvalue weighted by Crippen LogP contribution is -1.97. The molecule has 1 N–H and O–H groups in total. The van der Waals surface area contributed by atoms with Gasteiger partial charge in [-0.05, 0) is 24.3 Å². The fourth-order valence-electron chi connectivity index (χ4n) is 1.91. The zero-order chi connectivity index (χ0) is 13.4. The zero-order valence-electron chi connectivity index (χ0n) is 9.75. The normalized spacial score (nSPS) is 10.8. The number of benzene rings is 1. The Hall–Kier alpha value is -2.69. The molecule has 0 radical (unpaired) electrons. The number of pyridine rings is 1. The van der Waals surface area contributed by atoms with E-state index in [-0.39, 0.29) is 11.4 Å². The van der Waals surface area contributed by atoms with E-state index >= 15 is 0 Å². The van der Waals surface area contributed by atoms with E-state index in [1.807, 2.05) is 0 Å². The number of imidazole rings is 1. The standard InChI is InChI=1S/C14H9FN2O2/c15-11-3-1-2-9(6-11)12-8-17-7-10(14(18)19)4-5-13(17)16-12/h1-8H,(H,18,19). The maximum absolute atomic E-state index is 13.2. The Morgan fingerprint density at radius 3 is 2.79 bits per heavy atom. The summed E-state index contributed by atoms with van der Waals surface area (Å²) in [6.45, 7) is 0. The van der Waals surface area contributed by atoms with Crippen LogP contribution in [-0.4, -0.2) is 20.5 Å². The number of aromatic carboxylic acids is 1. The second-order valence-corrected chi connectivity index (χ2v) is 4.12. The number of fused-ring (bicyclic) bond motifs is 1. The van der Waals surface area contributed by atoms with Crippen molar-refractivity contribution in [2.75, 3.05) is 0 Å². The van der Waals surface area contributed by atoms with Gasteiger partial charge in [-0.1, -0.05) is 12.1 Å². The van der Waals surface area contributed by atoms with Crippen molar-refractivity contribution < 1.29 is 14.3 Å². The van der Waals surface area contributed by atoms with Gasteiger partial charge in [0.05, 0.1) is 11.3 Å². The van der Waals surface area contributed by atoms with Crippen molar-refractivity contribution in [3.8, 4) is 11.3 Å². The quantitative estimate of drug-likeness (QED) is 0.767. The van der Waals surface area contributed by atoms with Gasteiger partial charge in [0.25, 0.3) is 0 Å². The molecule has 0 saturated heterocycles. The number of carbonyl (C=O) groups is 1. The maximum Gasteiger partial charge on any atom is 0.337 e. The van der Waals surface area contributed by atoms with Gasteiger partial charge in [0.15, 0.2) is 0 Å². The van der Waals surface area contributed by atoms with Crippen LogP contribution in [0.15, 0.2) is 48.8 Å². The molecule has 0 saturated carbocycles. The molecule has 3 aromatic rings. The summed E-state index contributed by atoms with van der Waals surface area (Å²) in [5.74, 6) is -1.33. The van der Waals surface area contributed by atoms with Gasteiger partial charge >= 0.3 is 5.97 Å². The van der Waals surface area contributed by atoms with Gasteiger partial charge in [-0.15, -0.1) is 0 Å². The largest absolute Gasteiger partial charge is 0.478 e. The van der Waals surface area contributed by atoms with Gasteiger partial charge in [-0.3, -0.25) is 0 Å². The molecule has 19 heavy (non-hydrogen) atoms. The Bertz CT molecular complexity index is 780. The zero-order valence-corrected chi connectivity index (χ0v) is 9.75. The average molecular weight is 256 g/mol.